The molecule has 0 aliphatic carbocycles. The maximum absolute atomic E-state index is 6.19. The highest BCUT2D eigenvalue weighted by molar-refractivity contribution is 9.25. The number of halogens is 1. The van der Waals surface area contributed by atoms with Crippen LogP contribution in [-0.2, 0) is 4.12 Å². The maximum Gasteiger partial charge on any atom is 0.255 e. The second-order valence-corrected chi connectivity index (χ2v) is 16.9. The highest BCUT2D eigenvalue weighted by Gasteiger charge is 2.35. The first-order valence-electron chi connectivity index (χ1n) is 4.87. The van der Waals surface area contributed by atoms with Gasteiger partial charge < -0.3 is 8.68 Å². The van der Waals surface area contributed by atoms with Gasteiger partial charge in [-0.3, -0.25) is 0 Å². The van der Waals surface area contributed by atoms with Crippen molar-refractivity contribution in [3.8, 4) is 0 Å². The van der Waals surface area contributed by atoms with Crippen molar-refractivity contribution < 1.29 is 4.12 Å². The van der Waals surface area contributed by atoms with Crippen LogP contribution in [0, 0.1) is 0 Å². The summed E-state index contributed by atoms with van der Waals surface area (Å²) in [5.41, 5.74) is 0. The lowest BCUT2D eigenvalue weighted by Gasteiger charge is -2.38. The Balaban J connectivity index is 4.36. The van der Waals surface area contributed by atoms with Crippen LogP contribution in [0.1, 0.15) is 13.8 Å². The van der Waals surface area contributed by atoms with Crippen LogP contribution in [0.2, 0.25) is 26.2 Å². The molecule has 0 saturated carbocycles. The summed E-state index contributed by atoms with van der Waals surface area (Å²) in [5, 5.41) is 0. The minimum Gasteiger partial charge on any atom is -0.436 e. The van der Waals surface area contributed by atoms with E-state index in [4.69, 9.17) is 4.12 Å². The Morgan fingerprint density at radius 1 is 1.08 bits per heavy atom. The summed E-state index contributed by atoms with van der Waals surface area (Å²) in [6.07, 6.45) is 0. The van der Waals surface area contributed by atoms with Gasteiger partial charge in [-0.15, -0.1) is 0 Å². The van der Waals surface area contributed by atoms with Crippen LogP contribution < -0.4 is 0 Å². The fourth-order valence-corrected chi connectivity index (χ4v) is 12.0. The van der Waals surface area contributed by atoms with Gasteiger partial charge in [0, 0.05) is 0 Å². The summed E-state index contributed by atoms with van der Waals surface area (Å²) in [7, 11) is -1.62. The van der Waals surface area contributed by atoms with E-state index >= 15 is 0 Å². The van der Waals surface area contributed by atoms with Crippen LogP contribution in [0.25, 0.3) is 0 Å². The molecule has 2 nitrogen and oxygen atoms in total. The van der Waals surface area contributed by atoms with Gasteiger partial charge in [0.2, 0.25) is 6.94 Å². The van der Waals surface area contributed by atoms with E-state index in [1.807, 2.05) is 0 Å². The lowest BCUT2D eigenvalue weighted by Crippen LogP contribution is -2.55. The van der Waals surface area contributed by atoms with Gasteiger partial charge >= 0.3 is 0 Å². The first-order chi connectivity index (χ1) is 5.73. The van der Waals surface area contributed by atoms with E-state index < -0.39 is 15.4 Å². The van der Waals surface area contributed by atoms with Crippen molar-refractivity contribution in [2.45, 2.75) is 40.0 Å². The van der Waals surface area contributed by atoms with Gasteiger partial charge in [-0.2, -0.15) is 0 Å². The molecule has 0 rings (SSSR count). The average Bonchev–Trinajstić information content (AvgIpc) is 1.83. The molecule has 0 spiro atoms. The SMILES string of the molecule is CCN(CC)[Si](C)(C)O[Si](C)(C)Br. The summed E-state index contributed by atoms with van der Waals surface area (Å²) in [5.74, 6) is 0. The molecular weight excluding hydrogens is 262 g/mol. The van der Waals surface area contributed by atoms with Crippen LogP contribution in [-0.4, -0.2) is 33.1 Å². The third kappa shape index (κ3) is 5.32. The Bertz CT molecular complexity index is 155. The number of rotatable bonds is 5. The molecule has 0 aliphatic rings. The summed E-state index contributed by atoms with van der Waals surface area (Å²) < 4.78 is 8.65. The second-order valence-electron chi connectivity index (χ2n) is 4.08. The van der Waals surface area contributed by atoms with E-state index in [-0.39, 0.29) is 0 Å². The molecule has 0 bridgehead atoms. The van der Waals surface area contributed by atoms with Gasteiger partial charge in [-0.25, -0.2) is 0 Å². The molecule has 0 atom stereocenters. The number of hydrogen-bond acceptors (Lipinski definition) is 2. The van der Waals surface area contributed by atoms with Crippen LogP contribution >= 0.6 is 15.3 Å². The van der Waals surface area contributed by atoms with Crippen LogP contribution in [0.15, 0.2) is 0 Å². The fourth-order valence-electron chi connectivity index (χ4n) is 1.64. The molecule has 0 saturated heterocycles. The molecule has 0 aromatic heterocycles. The zero-order chi connectivity index (χ0) is 10.7. The van der Waals surface area contributed by atoms with E-state index in [2.05, 4.69) is 59.9 Å². The number of nitrogens with zero attached hydrogens (tertiary/aromatic N) is 1. The molecule has 0 unspecified atom stereocenters. The average molecular weight is 284 g/mol. The molecule has 0 radical (unpaired) electrons. The molecule has 5 heteroatoms. The second kappa shape index (κ2) is 5.07. The van der Waals surface area contributed by atoms with E-state index in [1.54, 1.807) is 0 Å². The van der Waals surface area contributed by atoms with Crippen molar-refractivity contribution in [1.82, 2.24) is 4.57 Å². The van der Waals surface area contributed by atoms with Gasteiger partial charge in [0.05, 0.1) is 0 Å². The van der Waals surface area contributed by atoms with Crippen molar-refractivity contribution in [2.24, 2.45) is 0 Å². The Morgan fingerprint density at radius 2 is 1.46 bits per heavy atom. The zero-order valence-electron chi connectivity index (χ0n) is 9.65. The Labute approximate surface area is 92.6 Å². The normalized spacial score (nSPS) is 13.8. The molecule has 13 heavy (non-hydrogen) atoms. The molecular formula is C8H22BrNOSi2. The topological polar surface area (TPSA) is 12.5 Å². The van der Waals surface area contributed by atoms with Gasteiger partial charge in [0.1, 0.15) is 0 Å². The van der Waals surface area contributed by atoms with E-state index in [0.29, 0.717) is 0 Å². The smallest absolute Gasteiger partial charge is 0.255 e. The van der Waals surface area contributed by atoms with Crippen LogP contribution in [0.5, 0.6) is 0 Å². The lowest BCUT2D eigenvalue weighted by molar-refractivity contribution is 0.379. The highest BCUT2D eigenvalue weighted by atomic mass is 79.9. The van der Waals surface area contributed by atoms with Crippen molar-refractivity contribution in [3.63, 3.8) is 0 Å². The van der Waals surface area contributed by atoms with Gasteiger partial charge in [-0.05, 0) is 39.3 Å². The molecule has 0 aliphatic heterocycles. The van der Waals surface area contributed by atoms with Gasteiger partial charge in [0.25, 0.3) is 8.48 Å². The van der Waals surface area contributed by atoms with Gasteiger partial charge in [-0.1, -0.05) is 29.1 Å². The summed E-state index contributed by atoms with van der Waals surface area (Å²) in [6, 6.07) is 0. The Hall–Kier alpha value is 0.834. The largest absolute Gasteiger partial charge is 0.436 e. The predicted octanol–water partition coefficient (Wildman–Crippen LogP) is 3.14. The Kier molecular flexibility index (Phi) is 5.39. The number of hydrogen-bond donors (Lipinski definition) is 0. The van der Waals surface area contributed by atoms with Crippen molar-refractivity contribution in [2.75, 3.05) is 13.1 Å². The third-order valence-electron chi connectivity index (χ3n) is 2.02. The molecule has 80 valence electrons. The minimum absolute atomic E-state index is 1.09. The quantitative estimate of drug-likeness (QED) is 0.568. The summed E-state index contributed by atoms with van der Waals surface area (Å²) in [6.45, 7) is 13.9. The summed E-state index contributed by atoms with van der Waals surface area (Å²) >= 11 is 3.67. The molecule has 0 fully saturated rings. The molecule has 0 aromatic rings. The predicted molar refractivity (Wildman–Crippen MR) is 67.9 cm³/mol. The fraction of sp³-hybridized carbons (Fsp3) is 1.00. The van der Waals surface area contributed by atoms with Crippen molar-refractivity contribution in [3.05, 3.63) is 0 Å². The molecule has 0 heterocycles. The highest BCUT2D eigenvalue weighted by Crippen LogP contribution is 2.21. The van der Waals surface area contributed by atoms with E-state index in [0.717, 1.165) is 13.1 Å². The van der Waals surface area contributed by atoms with Crippen molar-refractivity contribution >= 4 is 30.7 Å². The molecule has 0 N–H and O–H groups in total. The standard InChI is InChI=1S/C8H22BrNOSi2/c1-7-10(8-2)13(5,6)11-12(3,4)9/h7-8H2,1-6H3. The van der Waals surface area contributed by atoms with Gasteiger partial charge in [0.15, 0.2) is 0 Å². The maximum atomic E-state index is 6.19. The minimum atomic E-state index is -1.62. The summed E-state index contributed by atoms with van der Waals surface area (Å²) in [4.78, 5) is 0. The van der Waals surface area contributed by atoms with Crippen LogP contribution in [0.4, 0.5) is 0 Å². The third-order valence-corrected chi connectivity index (χ3v) is 9.57. The van der Waals surface area contributed by atoms with Crippen LogP contribution in [0.3, 0.4) is 0 Å². The first kappa shape index (κ1) is 13.8. The molecule has 0 amide bonds. The zero-order valence-corrected chi connectivity index (χ0v) is 13.2. The van der Waals surface area contributed by atoms with E-state index in [1.165, 1.54) is 0 Å². The molecule has 0 aromatic carbocycles. The van der Waals surface area contributed by atoms with Crippen molar-refractivity contribution in [1.29, 1.82) is 0 Å². The first-order valence-corrected chi connectivity index (χ1v) is 12.9. The Morgan fingerprint density at radius 3 is 1.69 bits per heavy atom. The van der Waals surface area contributed by atoms with E-state index in [9.17, 15) is 0 Å². The monoisotopic (exact) mass is 283 g/mol. The lowest BCUT2D eigenvalue weighted by atomic mass is 10.7.